The fourth-order valence-electron chi connectivity index (χ4n) is 0.534. The molecular weight excluding hydrogens is 216 g/mol. The molecule has 1 aromatic rings. The number of benzene rings is 1. The number of aryl methyl sites for hydroxylation is 1. The van der Waals surface area contributed by atoms with Crippen LogP contribution < -0.4 is 0 Å². The molecular formula is C13H26N2O2. The van der Waals surface area contributed by atoms with Crippen LogP contribution in [0.1, 0.15) is 19.4 Å². The predicted octanol–water partition coefficient (Wildman–Crippen LogP) is 3.09. The summed E-state index contributed by atoms with van der Waals surface area (Å²) < 4.78 is 0. The van der Waals surface area contributed by atoms with Gasteiger partial charge in [-0.2, -0.15) is 0 Å². The molecule has 0 amide bonds. The van der Waals surface area contributed by atoms with Crippen LogP contribution in [0.25, 0.3) is 0 Å². The summed E-state index contributed by atoms with van der Waals surface area (Å²) >= 11 is 0. The number of hydrogen-bond donors (Lipinski definition) is 0. The first-order valence-corrected chi connectivity index (χ1v) is 5.56. The quantitative estimate of drug-likeness (QED) is 0.519. The Balaban J connectivity index is -0.000000172. The summed E-state index contributed by atoms with van der Waals surface area (Å²) in [4.78, 5) is 10.3. The van der Waals surface area contributed by atoms with Gasteiger partial charge in [0.25, 0.3) is 0 Å². The van der Waals surface area contributed by atoms with E-state index >= 15 is 0 Å². The third-order valence-electron chi connectivity index (χ3n) is 0.940. The number of hydrogen-bond acceptors (Lipinski definition) is 3. The summed E-state index contributed by atoms with van der Waals surface area (Å²) in [6.45, 7) is 6.08. The van der Waals surface area contributed by atoms with E-state index in [0.29, 0.717) is 0 Å². The van der Waals surface area contributed by atoms with Crippen molar-refractivity contribution in [2.24, 2.45) is 0 Å². The van der Waals surface area contributed by atoms with Crippen LogP contribution in [0.5, 0.6) is 0 Å². The standard InChI is InChI=1S/C7H8.C3H9N.C2H6.CH3NO2/c1-7-5-3-2-4-6-7;1-4(2)3;1-2;1-2(3)4/h2-6H,1H3;1-3H3;1-2H3;1H3. The highest BCUT2D eigenvalue weighted by molar-refractivity contribution is 5.11. The van der Waals surface area contributed by atoms with Gasteiger partial charge in [0, 0.05) is 4.92 Å². The average Bonchev–Trinajstić information content (AvgIpc) is 2.20. The monoisotopic (exact) mass is 242 g/mol. The van der Waals surface area contributed by atoms with Crippen LogP contribution in [0.3, 0.4) is 0 Å². The Morgan fingerprint density at radius 1 is 1.06 bits per heavy atom. The summed E-state index contributed by atoms with van der Waals surface area (Å²) in [7, 11) is 6.89. The zero-order chi connectivity index (χ0) is 14.3. The van der Waals surface area contributed by atoms with Crippen LogP contribution in [-0.2, 0) is 0 Å². The Morgan fingerprint density at radius 2 is 1.29 bits per heavy atom. The van der Waals surface area contributed by atoms with Gasteiger partial charge in [-0.15, -0.1) is 0 Å². The minimum atomic E-state index is -0.500. The minimum absolute atomic E-state index is 0.500. The van der Waals surface area contributed by atoms with Gasteiger partial charge in [0.1, 0.15) is 0 Å². The van der Waals surface area contributed by atoms with Crippen LogP contribution in [0.4, 0.5) is 0 Å². The van der Waals surface area contributed by atoms with E-state index in [4.69, 9.17) is 10.1 Å². The second-order valence-electron chi connectivity index (χ2n) is 3.44. The van der Waals surface area contributed by atoms with E-state index in [2.05, 4.69) is 19.1 Å². The SMILES string of the molecule is CC.CN(C)C.C[N+](=O)[O-].Cc1ccccc1. The maximum absolute atomic E-state index is 8.81. The van der Waals surface area contributed by atoms with Crippen molar-refractivity contribution in [1.82, 2.24) is 4.90 Å². The van der Waals surface area contributed by atoms with E-state index in [0.717, 1.165) is 7.05 Å². The lowest BCUT2D eigenvalue weighted by Crippen LogP contribution is -1.99. The molecule has 1 rings (SSSR count). The van der Waals surface area contributed by atoms with E-state index in [1.165, 1.54) is 5.56 Å². The fourth-order valence-corrected chi connectivity index (χ4v) is 0.534. The summed E-state index contributed by atoms with van der Waals surface area (Å²) in [6.07, 6.45) is 0. The predicted molar refractivity (Wildman–Crippen MR) is 75.1 cm³/mol. The first-order valence-electron chi connectivity index (χ1n) is 5.56. The molecule has 1 aromatic carbocycles. The third-order valence-corrected chi connectivity index (χ3v) is 0.940. The fraction of sp³-hybridized carbons (Fsp3) is 0.538. The number of nitrogens with zero attached hydrogens (tertiary/aromatic N) is 2. The Bertz CT molecular complexity index is 242. The maximum Gasteiger partial charge on any atom is 0.194 e. The molecule has 0 aliphatic carbocycles. The van der Waals surface area contributed by atoms with Gasteiger partial charge in [0.05, 0.1) is 0 Å². The van der Waals surface area contributed by atoms with Gasteiger partial charge in [0.2, 0.25) is 0 Å². The van der Waals surface area contributed by atoms with Crippen molar-refractivity contribution < 1.29 is 4.92 Å². The van der Waals surface area contributed by atoms with E-state index in [1.54, 1.807) is 0 Å². The molecule has 0 spiro atoms. The van der Waals surface area contributed by atoms with Gasteiger partial charge in [0.15, 0.2) is 7.05 Å². The molecule has 0 bridgehead atoms. The number of rotatable bonds is 0. The van der Waals surface area contributed by atoms with E-state index in [-0.39, 0.29) is 0 Å². The summed E-state index contributed by atoms with van der Waals surface area (Å²) in [5.74, 6) is 0. The third kappa shape index (κ3) is 53.3. The molecule has 0 aliphatic heterocycles. The van der Waals surface area contributed by atoms with Crippen LogP contribution in [0, 0.1) is 17.0 Å². The van der Waals surface area contributed by atoms with Crippen LogP contribution in [0.2, 0.25) is 0 Å². The van der Waals surface area contributed by atoms with Gasteiger partial charge in [-0.05, 0) is 28.1 Å². The van der Waals surface area contributed by atoms with Crippen molar-refractivity contribution >= 4 is 0 Å². The zero-order valence-corrected chi connectivity index (χ0v) is 12.1. The molecule has 100 valence electrons. The van der Waals surface area contributed by atoms with E-state index in [9.17, 15) is 0 Å². The van der Waals surface area contributed by atoms with Crippen molar-refractivity contribution in [3.05, 3.63) is 46.0 Å². The molecule has 4 nitrogen and oxygen atoms in total. The van der Waals surface area contributed by atoms with Gasteiger partial charge < -0.3 is 4.90 Å². The first kappa shape index (κ1) is 20.9. The lowest BCUT2D eigenvalue weighted by molar-refractivity contribution is -0.445. The Morgan fingerprint density at radius 3 is 1.41 bits per heavy atom. The van der Waals surface area contributed by atoms with Crippen molar-refractivity contribution in [1.29, 1.82) is 0 Å². The second kappa shape index (κ2) is 17.0. The summed E-state index contributed by atoms with van der Waals surface area (Å²) in [6, 6.07) is 10.3. The van der Waals surface area contributed by atoms with Gasteiger partial charge in [-0.3, -0.25) is 10.1 Å². The zero-order valence-electron chi connectivity index (χ0n) is 12.1. The second-order valence-corrected chi connectivity index (χ2v) is 3.44. The molecule has 0 saturated heterocycles. The van der Waals surface area contributed by atoms with Crippen LogP contribution >= 0.6 is 0 Å². The van der Waals surface area contributed by atoms with Crippen molar-refractivity contribution in [2.75, 3.05) is 28.2 Å². The lowest BCUT2D eigenvalue weighted by Gasteiger charge is -1.90. The van der Waals surface area contributed by atoms with Gasteiger partial charge in [-0.25, -0.2) is 0 Å². The normalized spacial score (nSPS) is 7.53. The molecule has 0 N–H and O–H groups in total. The molecule has 0 aliphatic rings. The number of nitro groups is 1. The molecule has 0 saturated carbocycles. The topological polar surface area (TPSA) is 46.4 Å². The van der Waals surface area contributed by atoms with Gasteiger partial charge >= 0.3 is 0 Å². The molecule has 0 atom stereocenters. The summed E-state index contributed by atoms with van der Waals surface area (Å²) in [5, 5.41) is 8.81. The highest BCUT2D eigenvalue weighted by atomic mass is 16.6. The molecule has 0 fully saturated rings. The molecule has 17 heavy (non-hydrogen) atoms. The molecule has 0 heterocycles. The molecule has 0 radical (unpaired) electrons. The Labute approximate surface area is 105 Å². The Hall–Kier alpha value is -1.42. The minimum Gasteiger partial charge on any atom is -0.312 e. The highest BCUT2D eigenvalue weighted by Gasteiger charge is 1.72. The molecule has 4 heteroatoms. The molecule has 0 unspecified atom stereocenters. The van der Waals surface area contributed by atoms with Crippen LogP contribution in [0.15, 0.2) is 30.3 Å². The maximum atomic E-state index is 8.81. The lowest BCUT2D eigenvalue weighted by atomic mass is 10.2. The average molecular weight is 242 g/mol. The van der Waals surface area contributed by atoms with Crippen molar-refractivity contribution in [3.8, 4) is 0 Å². The van der Waals surface area contributed by atoms with Crippen molar-refractivity contribution in [2.45, 2.75) is 20.8 Å². The van der Waals surface area contributed by atoms with E-state index in [1.807, 2.05) is 58.1 Å². The van der Waals surface area contributed by atoms with Crippen molar-refractivity contribution in [3.63, 3.8) is 0 Å². The highest BCUT2D eigenvalue weighted by Crippen LogP contribution is 1.92. The Kier molecular flexibility index (Phi) is 20.9. The first-order chi connectivity index (χ1) is 7.86. The van der Waals surface area contributed by atoms with Crippen LogP contribution in [-0.4, -0.2) is 38.0 Å². The summed E-state index contributed by atoms with van der Waals surface area (Å²) in [5.41, 5.74) is 1.32. The largest absolute Gasteiger partial charge is 0.312 e. The van der Waals surface area contributed by atoms with E-state index < -0.39 is 4.92 Å². The van der Waals surface area contributed by atoms with Gasteiger partial charge in [-0.1, -0.05) is 49.7 Å². The smallest absolute Gasteiger partial charge is 0.194 e. The molecule has 0 aromatic heterocycles.